The van der Waals surface area contributed by atoms with Crippen molar-refractivity contribution in [3.8, 4) is 0 Å². The highest BCUT2D eigenvalue weighted by molar-refractivity contribution is 7.80. The first kappa shape index (κ1) is 15.9. The van der Waals surface area contributed by atoms with Gasteiger partial charge in [-0.3, -0.25) is 4.79 Å². The molecule has 0 heterocycles. The molecule has 0 atom stereocenters. The first-order chi connectivity index (χ1) is 8.93. The number of thiocarbonyl (C=S) groups is 1. The third-order valence-corrected chi connectivity index (χ3v) is 3.98. The highest BCUT2D eigenvalue weighted by Crippen LogP contribution is 2.16. The first-order valence-corrected chi connectivity index (χ1v) is 7.07. The minimum absolute atomic E-state index is 0.0844. The van der Waals surface area contributed by atoms with E-state index in [1.54, 1.807) is 12.1 Å². The number of nitrogens with one attached hydrogen (secondary N) is 1. The summed E-state index contributed by atoms with van der Waals surface area (Å²) >= 11 is 10.9. The van der Waals surface area contributed by atoms with E-state index in [4.69, 9.17) is 29.6 Å². The first-order valence-electron chi connectivity index (χ1n) is 6.29. The second kappa shape index (κ2) is 6.87. The zero-order valence-electron chi connectivity index (χ0n) is 11.2. The van der Waals surface area contributed by atoms with E-state index < -0.39 is 5.54 Å². The minimum Gasteiger partial charge on any atom is -0.391 e. The molecule has 0 aromatic heterocycles. The van der Waals surface area contributed by atoms with E-state index in [0.29, 0.717) is 29.3 Å². The smallest absolute Gasteiger partial charge is 0.225 e. The maximum Gasteiger partial charge on any atom is 0.225 e. The van der Waals surface area contributed by atoms with Gasteiger partial charge in [-0.15, -0.1) is 0 Å². The van der Waals surface area contributed by atoms with Gasteiger partial charge in [0.25, 0.3) is 0 Å². The Morgan fingerprint density at radius 1 is 1.32 bits per heavy atom. The molecule has 0 aliphatic rings. The van der Waals surface area contributed by atoms with Gasteiger partial charge in [0.1, 0.15) is 0 Å². The van der Waals surface area contributed by atoms with Gasteiger partial charge in [0.05, 0.1) is 16.9 Å². The van der Waals surface area contributed by atoms with Crippen LogP contribution in [0.15, 0.2) is 24.3 Å². The van der Waals surface area contributed by atoms with Gasteiger partial charge in [0, 0.05) is 5.02 Å². The molecule has 0 bridgehead atoms. The van der Waals surface area contributed by atoms with Gasteiger partial charge in [-0.25, -0.2) is 0 Å². The van der Waals surface area contributed by atoms with E-state index >= 15 is 0 Å². The highest BCUT2D eigenvalue weighted by atomic mass is 35.5. The predicted molar refractivity (Wildman–Crippen MR) is 83.4 cm³/mol. The SMILES string of the molecule is CCC(CC)(NC(=O)Cc1ccc(Cl)cc1)C(N)=S. The molecular formula is C14H19ClN2OS. The number of hydrogen-bond donors (Lipinski definition) is 2. The molecule has 0 unspecified atom stereocenters. The largest absolute Gasteiger partial charge is 0.391 e. The minimum atomic E-state index is -0.584. The van der Waals surface area contributed by atoms with Gasteiger partial charge < -0.3 is 11.1 Å². The zero-order valence-corrected chi connectivity index (χ0v) is 12.8. The molecule has 104 valence electrons. The monoisotopic (exact) mass is 298 g/mol. The predicted octanol–water partition coefficient (Wildman–Crippen LogP) is 2.84. The van der Waals surface area contributed by atoms with Gasteiger partial charge in [0.2, 0.25) is 5.91 Å². The van der Waals surface area contributed by atoms with Crippen molar-refractivity contribution in [2.75, 3.05) is 0 Å². The molecule has 1 rings (SSSR count). The van der Waals surface area contributed by atoms with Crippen LogP contribution in [-0.2, 0) is 11.2 Å². The summed E-state index contributed by atoms with van der Waals surface area (Å²) in [6.45, 7) is 3.93. The van der Waals surface area contributed by atoms with Crippen molar-refractivity contribution < 1.29 is 4.79 Å². The van der Waals surface area contributed by atoms with Gasteiger partial charge in [0.15, 0.2) is 0 Å². The van der Waals surface area contributed by atoms with Gasteiger partial charge >= 0.3 is 0 Å². The Morgan fingerprint density at radius 3 is 2.26 bits per heavy atom. The summed E-state index contributed by atoms with van der Waals surface area (Å²) in [6, 6.07) is 7.21. The normalized spacial score (nSPS) is 11.1. The zero-order chi connectivity index (χ0) is 14.5. The number of halogens is 1. The quantitative estimate of drug-likeness (QED) is 0.794. The van der Waals surface area contributed by atoms with Crippen LogP contribution in [-0.4, -0.2) is 16.4 Å². The Hall–Kier alpha value is -1.13. The number of rotatable bonds is 6. The van der Waals surface area contributed by atoms with Crippen molar-refractivity contribution >= 4 is 34.7 Å². The van der Waals surface area contributed by atoms with E-state index in [2.05, 4.69) is 5.32 Å². The number of hydrogen-bond acceptors (Lipinski definition) is 2. The molecule has 0 aliphatic carbocycles. The van der Waals surface area contributed by atoms with Crippen LogP contribution in [0, 0.1) is 0 Å². The standard InChI is InChI=1S/C14H19ClN2OS/c1-3-14(4-2,13(16)19)17-12(18)9-10-5-7-11(15)8-6-10/h5-8H,3-4,9H2,1-2H3,(H2,16,19)(H,17,18). The summed E-state index contributed by atoms with van der Waals surface area (Å²) in [6.07, 6.45) is 1.66. The fourth-order valence-corrected chi connectivity index (χ4v) is 2.40. The van der Waals surface area contributed by atoms with Crippen LogP contribution in [0.1, 0.15) is 32.3 Å². The molecule has 0 spiro atoms. The Bertz CT molecular complexity index is 455. The fraction of sp³-hybridized carbons (Fsp3) is 0.429. The Kier molecular flexibility index (Phi) is 5.76. The summed E-state index contributed by atoms with van der Waals surface area (Å²) in [7, 11) is 0. The van der Waals surface area contributed by atoms with E-state index in [9.17, 15) is 4.79 Å². The van der Waals surface area contributed by atoms with E-state index in [1.165, 1.54) is 0 Å². The number of nitrogens with two attached hydrogens (primary N) is 1. The van der Waals surface area contributed by atoms with E-state index in [-0.39, 0.29) is 5.91 Å². The number of amides is 1. The summed E-state index contributed by atoms with van der Waals surface area (Å²) in [4.78, 5) is 12.4. The third kappa shape index (κ3) is 4.18. The molecule has 19 heavy (non-hydrogen) atoms. The van der Waals surface area contributed by atoms with Crippen molar-refractivity contribution in [3.63, 3.8) is 0 Å². The molecular weight excluding hydrogens is 280 g/mol. The Morgan fingerprint density at radius 2 is 1.84 bits per heavy atom. The van der Waals surface area contributed by atoms with E-state index in [0.717, 1.165) is 5.56 Å². The van der Waals surface area contributed by atoms with Crippen molar-refractivity contribution in [1.82, 2.24) is 5.32 Å². The molecule has 1 aromatic rings. The molecule has 0 aliphatic heterocycles. The molecule has 0 fully saturated rings. The Balaban J connectivity index is 2.73. The van der Waals surface area contributed by atoms with Crippen molar-refractivity contribution in [1.29, 1.82) is 0 Å². The molecule has 0 saturated heterocycles. The van der Waals surface area contributed by atoms with Crippen molar-refractivity contribution in [3.05, 3.63) is 34.9 Å². The molecule has 0 saturated carbocycles. The maximum absolute atomic E-state index is 12.1. The third-order valence-electron chi connectivity index (χ3n) is 3.34. The summed E-state index contributed by atoms with van der Waals surface area (Å²) in [5.41, 5.74) is 6.08. The molecule has 5 heteroatoms. The van der Waals surface area contributed by atoms with Crippen molar-refractivity contribution in [2.45, 2.75) is 38.6 Å². The number of carbonyl (C=O) groups excluding carboxylic acids is 1. The fourth-order valence-electron chi connectivity index (χ4n) is 1.94. The van der Waals surface area contributed by atoms with Crippen LogP contribution in [0.25, 0.3) is 0 Å². The lowest BCUT2D eigenvalue weighted by molar-refractivity contribution is -0.121. The van der Waals surface area contributed by atoms with Crippen LogP contribution in [0.4, 0.5) is 0 Å². The molecule has 0 radical (unpaired) electrons. The van der Waals surface area contributed by atoms with Crippen LogP contribution < -0.4 is 11.1 Å². The lowest BCUT2D eigenvalue weighted by Crippen LogP contribution is -2.56. The topological polar surface area (TPSA) is 55.1 Å². The average Bonchev–Trinajstić information content (AvgIpc) is 2.38. The van der Waals surface area contributed by atoms with Crippen LogP contribution in [0.2, 0.25) is 5.02 Å². The molecule has 1 amide bonds. The maximum atomic E-state index is 12.1. The second-order valence-electron chi connectivity index (χ2n) is 4.50. The average molecular weight is 299 g/mol. The number of carbonyl (C=O) groups is 1. The number of benzene rings is 1. The molecule has 3 nitrogen and oxygen atoms in total. The lowest BCUT2D eigenvalue weighted by Gasteiger charge is -2.31. The lowest BCUT2D eigenvalue weighted by atomic mass is 9.92. The van der Waals surface area contributed by atoms with Crippen LogP contribution >= 0.6 is 23.8 Å². The second-order valence-corrected chi connectivity index (χ2v) is 5.38. The Labute approximate surface area is 124 Å². The van der Waals surface area contributed by atoms with Gasteiger partial charge in [-0.1, -0.05) is 49.8 Å². The summed E-state index contributed by atoms with van der Waals surface area (Å²) in [5, 5.41) is 3.61. The van der Waals surface area contributed by atoms with Crippen molar-refractivity contribution in [2.24, 2.45) is 5.73 Å². The van der Waals surface area contributed by atoms with Gasteiger partial charge in [-0.2, -0.15) is 0 Å². The summed E-state index contributed by atoms with van der Waals surface area (Å²) < 4.78 is 0. The highest BCUT2D eigenvalue weighted by Gasteiger charge is 2.31. The molecule has 1 aromatic carbocycles. The van der Waals surface area contributed by atoms with Crippen LogP contribution in [0.5, 0.6) is 0 Å². The van der Waals surface area contributed by atoms with E-state index in [1.807, 2.05) is 26.0 Å². The van der Waals surface area contributed by atoms with Gasteiger partial charge in [-0.05, 0) is 30.5 Å². The molecule has 3 N–H and O–H groups in total. The summed E-state index contributed by atoms with van der Waals surface area (Å²) in [5.74, 6) is -0.0844. The van der Waals surface area contributed by atoms with Crippen LogP contribution in [0.3, 0.4) is 0 Å².